The highest BCUT2D eigenvalue weighted by molar-refractivity contribution is 7.80. The van der Waals surface area contributed by atoms with E-state index in [0.29, 0.717) is 28.7 Å². The monoisotopic (exact) mass is 354 g/mol. The van der Waals surface area contributed by atoms with E-state index in [1.54, 1.807) is 6.07 Å². The molecule has 0 saturated heterocycles. The van der Waals surface area contributed by atoms with Crippen molar-refractivity contribution >= 4 is 23.0 Å². The molecule has 5 rings (SSSR count). The largest absolute Gasteiger partial charge is 0.416 e. The van der Waals surface area contributed by atoms with Gasteiger partial charge in [-0.1, -0.05) is 6.07 Å². The van der Waals surface area contributed by atoms with Crippen molar-refractivity contribution in [3.8, 4) is 0 Å². The van der Waals surface area contributed by atoms with Crippen molar-refractivity contribution in [3.05, 3.63) is 29.8 Å². The van der Waals surface area contributed by atoms with Crippen LogP contribution < -0.4 is 10.6 Å². The SMILES string of the molecule is FC(F)(F)c1cccc(NC(=S)NC2C3CC4CC(C3)CC2C4)c1. The molecule has 4 aliphatic carbocycles. The standard InChI is InChI=1S/C18H21F3N2S/c19-18(20,21)14-2-1-3-15(9-14)22-17(24)23-16-12-5-10-4-11(7-12)8-13(16)6-10/h1-3,9-13,16H,4-8H2,(H2,22,23,24). The van der Waals surface area contributed by atoms with Gasteiger partial charge in [0.15, 0.2) is 5.11 Å². The topological polar surface area (TPSA) is 24.1 Å². The number of nitrogens with one attached hydrogen (secondary N) is 2. The lowest BCUT2D eigenvalue weighted by Crippen LogP contribution is -2.56. The van der Waals surface area contributed by atoms with Gasteiger partial charge < -0.3 is 10.6 Å². The van der Waals surface area contributed by atoms with E-state index in [0.717, 1.165) is 24.0 Å². The molecule has 0 aliphatic heterocycles. The van der Waals surface area contributed by atoms with E-state index in [9.17, 15) is 13.2 Å². The van der Waals surface area contributed by atoms with Gasteiger partial charge in [-0.3, -0.25) is 0 Å². The molecule has 4 saturated carbocycles. The first-order valence-electron chi connectivity index (χ1n) is 8.63. The summed E-state index contributed by atoms with van der Waals surface area (Å²) in [6.07, 6.45) is 2.15. The Labute approximate surface area is 145 Å². The minimum absolute atomic E-state index is 0.378. The zero-order chi connectivity index (χ0) is 16.9. The molecule has 4 bridgehead atoms. The fraction of sp³-hybridized carbons (Fsp3) is 0.611. The van der Waals surface area contributed by atoms with Crippen LogP contribution in [0.25, 0.3) is 0 Å². The predicted molar refractivity (Wildman–Crippen MR) is 91.6 cm³/mol. The van der Waals surface area contributed by atoms with Crippen molar-refractivity contribution in [2.75, 3.05) is 5.32 Å². The molecule has 2 N–H and O–H groups in total. The van der Waals surface area contributed by atoms with Crippen LogP contribution >= 0.6 is 12.2 Å². The highest BCUT2D eigenvalue weighted by Crippen LogP contribution is 2.53. The fourth-order valence-corrected chi connectivity index (χ4v) is 5.51. The van der Waals surface area contributed by atoms with Crippen LogP contribution in [0.4, 0.5) is 18.9 Å². The Morgan fingerprint density at radius 3 is 2.21 bits per heavy atom. The maximum absolute atomic E-state index is 12.8. The van der Waals surface area contributed by atoms with Crippen molar-refractivity contribution in [1.82, 2.24) is 5.32 Å². The third kappa shape index (κ3) is 3.13. The quantitative estimate of drug-likeness (QED) is 0.745. The first-order valence-corrected chi connectivity index (χ1v) is 9.04. The lowest BCUT2D eigenvalue weighted by Gasteiger charge is -2.54. The van der Waals surface area contributed by atoms with Crippen LogP contribution in [0.3, 0.4) is 0 Å². The molecule has 130 valence electrons. The molecule has 0 aromatic heterocycles. The first-order chi connectivity index (χ1) is 11.4. The van der Waals surface area contributed by atoms with E-state index in [1.165, 1.54) is 38.2 Å². The maximum atomic E-state index is 12.8. The Morgan fingerprint density at radius 2 is 1.62 bits per heavy atom. The Hall–Kier alpha value is -1.30. The number of benzene rings is 1. The third-order valence-corrected chi connectivity index (χ3v) is 6.19. The van der Waals surface area contributed by atoms with Gasteiger partial charge >= 0.3 is 6.18 Å². The number of hydrogen-bond acceptors (Lipinski definition) is 1. The summed E-state index contributed by atoms with van der Waals surface area (Å²) in [6, 6.07) is 5.56. The average molecular weight is 354 g/mol. The van der Waals surface area contributed by atoms with Crippen LogP contribution in [-0.4, -0.2) is 11.2 Å². The van der Waals surface area contributed by atoms with Crippen LogP contribution in [-0.2, 0) is 6.18 Å². The summed E-state index contributed by atoms with van der Waals surface area (Å²) in [7, 11) is 0. The van der Waals surface area contributed by atoms with Gasteiger partial charge in [0.05, 0.1) is 5.56 Å². The van der Waals surface area contributed by atoms with E-state index in [-0.39, 0.29) is 0 Å². The number of thiocarbonyl (C=S) groups is 1. The van der Waals surface area contributed by atoms with Crippen LogP contribution in [0, 0.1) is 23.7 Å². The molecule has 0 spiro atoms. The number of halogens is 3. The molecule has 0 unspecified atom stereocenters. The van der Waals surface area contributed by atoms with E-state index in [2.05, 4.69) is 10.6 Å². The highest BCUT2D eigenvalue weighted by Gasteiger charge is 2.48. The number of alkyl halides is 3. The molecule has 1 aromatic carbocycles. The number of rotatable bonds is 2. The van der Waals surface area contributed by atoms with Crippen molar-refractivity contribution in [3.63, 3.8) is 0 Å². The minimum atomic E-state index is -4.34. The van der Waals surface area contributed by atoms with Crippen molar-refractivity contribution < 1.29 is 13.2 Å². The summed E-state index contributed by atoms with van der Waals surface area (Å²) in [5.74, 6) is 3.11. The van der Waals surface area contributed by atoms with Crippen molar-refractivity contribution in [2.24, 2.45) is 23.7 Å². The van der Waals surface area contributed by atoms with Gasteiger partial charge in [-0.25, -0.2) is 0 Å². The van der Waals surface area contributed by atoms with Gasteiger partial charge in [0.1, 0.15) is 0 Å². The van der Waals surface area contributed by atoms with E-state index < -0.39 is 11.7 Å². The van der Waals surface area contributed by atoms with Crippen LogP contribution in [0.15, 0.2) is 24.3 Å². The van der Waals surface area contributed by atoms with E-state index in [4.69, 9.17) is 12.2 Å². The number of hydrogen-bond donors (Lipinski definition) is 2. The molecule has 2 nitrogen and oxygen atoms in total. The van der Waals surface area contributed by atoms with Gasteiger partial charge in [0.25, 0.3) is 0 Å². The van der Waals surface area contributed by atoms with E-state index >= 15 is 0 Å². The lowest BCUT2D eigenvalue weighted by molar-refractivity contribution is -0.137. The maximum Gasteiger partial charge on any atom is 0.416 e. The summed E-state index contributed by atoms with van der Waals surface area (Å²) in [4.78, 5) is 0. The van der Waals surface area contributed by atoms with Gasteiger partial charge in [-0.2, -0.15) is 13.2 Å². The average Bonchev–Trinajstić information content (AvgIpc) is 2.49. The smallest absolute Gasteiger partial charge is 0.359 e. The number of anilines is 1. The Morgan fingerprint density at radius 1 is 1.00 bits per heavy atom. The summed E-state index contributed by atoms with van der Waals surface area (Å²) in [5.41, 5.74) is -0.281. The molecule has 6 heteroatoms. The highest BCUT2D eigenvalue weighted by atomic mass is 32.1. The van der Waals surface area contributed by atoms with Gasteiger partial charge in [0, 0.05) is 11.7 Å². The second kappa shape index (κ2) is 5.90. The van der Waals surface area contributed by atoms with Gasteiger partial charge in [-0.05, 0) is 86.2 Å². The van der Waals surface area contributed by atoms with Gasteiger partial charge in [-0.15, -0.1) is 0 Å². The molecule has 0 amide bonds. The Balaban J connectivity index is 1.41. The van der Waals surface area contributed by atoms with E-state index in [1.807, 2.05) is 0 Å². The van der Waals surface area contributed by atoms with Crippen LogP contribution in [0.2, 0.25) is 0 Å². The molecule has 4 aliphatic rings. The molecular weight excluding hydrogens is 333 g/mol. The van der Waals surface area contributed by atoms with Crippen LogP contribution in [0.1, 0.15) is 37.7 Å². The normalized spacial score (nSPS) is 34.2. The molecule has 1 aromatic rings. The van der Waals surface area contributed by atoms with Crippen molar-refractivity contribution in [2.45, 2.75) is 44.3 Å². The second-order valence-electron chi connectivity index (χ2n) is 7.63. The molecule has 0 atom stereocenters. The van der Waals surface area contributed by atoms with Crippen LogP contribution in [0.5, 0.6) is 0 Å². The zero-order valence-corrected chi connectivity index (χ0v) is 14.1. The molecule has 4 fully saturated rings. The first kappa shape index (κ1) is 16.2. The Bertz CT molecular complexity index is 615. The predicted octanol–water partition coefficient (Wildman–Crippen LogP) is 4.82. The minimum Gasteiger partial charge on any atom is -0.359 e. The third-order valence-electron chi connectivity index (χ3n) is 5.97. The second-order valence-corrected chi connectivity index (χ2v) is 8.04. The zero-order valence-electron chi connectivity index (χ0n) is 13.3. The molecule has 0 heterocycles. The summed E-state index contributed by atoms with van der Waals surface area (Å²) >= 11 is 5.37. The summed E-state index contributed by atoms with van der Waals surface area (Å²) in [6.45, 7) is 0. The summed E-state index contributed by atoms with van der Waals surface area (Å²) < 4.78 is 38.4. The summed E-state index contributed by atoms with van der Waals surface area (Å²) in [5, 5.41) is 6.78. The van der Waals surface area contributed by atoms with Crippen molar-refractivity contribution in [1.29, 1.82) is 0 Å². The lowest BCUT2D eigenvalue weighted by atomic mass is 9.54. The molecule has 0 radical (unpaired) electrons. The Kier molecular flexibility index (Phi) is 3.98. The molecule has 24 heavy (non-hydrogen) atoms. The fourth-order valence-electron chi connectivity index (χ4n) is 5.25. The molecular formula is C18H21F3N2S. The van der Waals surface area contributed by atoms with Gasteiger partial charge in [0.2, 0.25) is 0 Å².